The zero-order chi connectivity index (χ0) is 15.7. The molecule has 0 aliphatic rings. The Morgan fingerprint density at radius 2 is 1.81 bits per heavy atom. The Hall–Kier alpha value is -2.08. The van der Waals surface area contributed by atoms with Crippen molar-refractivity contribution in [3.8, 4) is 0 Å². The molecule has 6 heteroatoms. The van der Waals surface area contributed by atoms with E-state index in [2.05, 4.69) is 10.6 Å². The van der Waals surface area contributed by atoms with Crippen LogP contribution in [0.5, 0.6) is 0 Å². The maximum atomic E-state index is 11.9. The zero-order valence-electron chi connectivity index (χ0n) is 12.4. The van der Waals surface area contributed by atoms with Gasteiger partial charge >= 0.3 is 12.0 Å². The first-order valence-corrected chi connectivity index (χ1v) is 7.03. The van der Waals surface area contributed by atoms with Gasteiger partial charge in [-0.2, -0.15) is 0 Å². The maximum absolute atomic E-state index is 11.9. The van der Waals surface area contributed by atoms with E-state index in [9.17, 15) is 9.59 Å². The van der Waals surface area contributed by atoms with Crippen LogP contribution in [0.4, 0.5) is 10.5 Å². The molecule has 0 aliphatic heterocycles. The second-order valence-corrected chi connectivity index (χ2v) is 4.49. The fourth-order valence-corrected chi connectivity index (χ4v) is 1.96. The van der Waals surface area contributed by atoms with Crippen molar-refractivity contribution in [2.24, 2.45) is 0 Å². The van der Waals surface area contributed by atoms with Crippen molar-refractivity contribution >= 4 is 17.7 Å². The number of urea groups is 1. The summed E-state index contributed by atoms with van der Waals surface area (Å²) in [6, 6.07) is 5.65. The predicted octanol–water partition coefficient (Wildman–Crippen LogP) is 2.03. The minimum Gasteiger partial charge on any atom is -0.480 e. The SMILES string of the molecule is CCc1cccc(CC)c1NC(=O)NCCOCC(=O)O. The van der Waals surface area contributed by atoms with Crippen molar-refractivity contribution in [3.05, 3.63) is 29.3 Å². The van der Waals surface area contributed by atoms with Crippen LogP contribution in [0.1, 0.15) is 25.0 Å². The van der Waals surface area contributed by atoms with E-state index in [1.165, 1.54) is 0 Å². The van der Waals surface area contributed by atoms with Crippen LogP contribution in [0.25, 0.3) is 0 Å². The van der Waals surface area contributed by atoms with Crippen LogP contribution in [-0.2, 0) is 22.4 Å². The van der Waals surface area contributed by atoms with Crippen molar-refractivity contribution < 1.29 is 19.4 Å². The standard InChI is InChI=1S/C15H22N2O4/c1-3-11-6-5-7-12(4-2)14(11)17-15(20)16-8-9-21-10-13(18)19/h5-7H,3-4,8-10H2,1-2H3,(H,18,19)(H2,16,17,20). The summed E-state index contributed by atoms with van der Waals surface area (Å²) < 4.78 is 4.84. The first-order valence-electron chi connectivity index (χ1n) is 7.03. The fourth-order valence-electron chi connectivity index (χ4n) is 1.96. The summed E-state index contributed by atoms with van der Waals surface area (Å²) in [6.07, 6.45) is 1.68. The third-order valence-electron chi connectivity index (χ3n) is 2.99. The molecule has 0 saturated heterocycles. The number of ether oxygens (including phenoxy) is 1. The highest BCUT2D eigenvalue weighted by Gasteiger charge is 2.09. The molecule has 6 nitrogen and oxygen atoms in total. The number of hydrogen-bond acceptors (Lipinski definition) is 3. The fraction of sp³-hybridized carbons (Fsp3) is 0.467. The quantitative estimate of drug-likeness (QED) is 0.640. The molecule has 2 amide bonds. The molecule has 116 valence electrons. The summed E-state index contributed by atoms with van der Waals surface area (Å²) in [5, 5.41) is 13.9. The molecule has 3 N–H and O–H groups in total. The summed E-state index contributed by atoms with van der Waals surface area (Å²) in [6.45, 7) is 4.14. The number of rotatable bonds is 8. The van der Waals surface area contributed by atoms with Crippen molar-refractivity contribution in [2.75, 3.05) is 25.1 Å². The number of carbonyl (C=O) groups excluding carboxylic acids is 1. The monoisotopic (exact) mass is 294 g/mol. The van der Waals surface area contributed by atoms with E-state index in [4.69, 9.17) is 9.84 Å². The van der Waals surface area contributed by atoms with E-state index in [0.29, 0.717) is 0 Å². The third-order valence-corrected chi connectivity index (χ3v) is 2.99. The van der Waals surface area contributed by atoms with Gasteiger partial charge in [0.05, 0.1) is 6.61 Å². The number of amides is 2. The highest BCUT2D eigenvalue weighted by molar-refractivity contribution is 5.91. The number of aliphatic carboxylic acids is 1. The normalized spacial score (nSPS) is 10.2. The molecular weight excluding hydrogens is 272 g/mol. The van der Waals surface area contributed by atoms with Crippen LogP contribution in [0.15, 0.2) is 18.2 Å². The Bertz CT molecular complexity index is 466. The Kier molecular flexibility index (Phi) is 7.25. The molecule has 0 spiro atoms. The topological polar surface area (TPSA) is 87.7 Å². The average molecular weight is 294 g/mol. The average Bonchev–Trinajstić information content (AvgIpc) is 2.46. The number of aryl methyl sites for hydroxylation is 2. The van der Waals surface area contributed by atoms with Gasteiger partial charge < -0.3 is 20.5 Å². The number of carboxylic acids is 1. The number of hydrogen-bond donors (Lipinski definition) is 3. The maximum Gasteiger partial charge on any atom is 0.329 e. The second kappa shape index (κ2) is 8.97. The van der Waals surface area contributed by atoms with Crippen LogP contribution in [0.2, 0.25) is 0 Å². The summed E-state index contributed by atoms with van der Waals surface area (Å²) in [7, 11) is 0. The van der Waals surface area contributed by atoms with Crippen molar-refractivity contribution in [3.63, 3.8) is 0 Å². The number of carbonyl (C=O) groups is 2. The number of para-hydroxylation sites is 1. The van der Waals surface area contributed by atoms with E-state index in [0.717, 1.165) is 29.7 Å². The van der Waals surface area contributed by atoms with Crippen LogP contribution in [0.3, 0.4) is 0 Å². The van der Waals surface area contributed by atoms with E-state index in [-0.39, 0.29) is 25.8 Å². The molecule has 0 fully saturated rings. The first-order chi connectivity index (χ1) is 10.1. The van der Waals surface area contributed by atoms with E-state index < -0.39 is 5.97 Å². The van der Waals surface area contributed by atoms with E-state index >= 15 is 0 Å². The number of nitrogens with one attached hydrogen (secondary N) is 2. The Balaban J connectivity index is 2.49. The molecule has 0 saturated carbocycles. The van der Waals surface area contributed by atoms with Crippen LogP contribution >= 0.6 is 0 Å². The van der Waals surface area contributed by atoms with Crippen molar-refractivity contribution in [1.82, 2.24) is 5.32 Å². The van der Waals surface area contributed by atoms with Gasteiger partial charge in [0.25, 0.3) is 0 Å². The largest absolute Gasteiger partial charge is 0.480 e. The van der Waals surface area contributed by atoms with Gasteiger partial charge in [-0.25, -0.2) is 9.59 Å². The minimum atomic E-state index is -1.02. The third kappa shape index (κ3) is 5.83. The molecule has 0 heterocycles. The van der Waals surface area contributed by atoms with Crippen LogP contribution in [-0.4, -0.2) is 36.9 Å². The van der Waals surface area contributed by atoms with Gasteiger partial charge in [0.2, 0.25) is 0 Å². The van der Waals surface area contributed by atoms with Crippen molar-refractivity contribution in [1.29, 1.82) is 0 Å². The Labute approximate surface area is 124 Å². The lowest BCUT2D eigenvalue weighted by atomic mass is 10.0. The lowest BCUT2D eigenvalue weighted by Gasteiger charge is -2.15. The Morgan fingerprint density at radius 1 is 1.19 bits per heavy atom. The number of anilines is 1. The molecule has 0 atom stereocenters. The molecule has 0 unspecified atom stereocenters. The molecule has 1 aromatic rings. The summed E-state index contributed by atoms with van der Waals surface area (Å²) in [4.78, 5) is 22.1. The van der Waals surface area contributed by atoms with E-state index in [1.807, 2.05) is 32.0 Å². The van der Waals surface area contributed by atoms with Gasteiger partial charge in [-0.1, -0.05) is 32.0 Å². The smallest absolute Gasteiger partial charge is 0.329 e. The molecule has 1 aromatic carbocycles. The molecule has 0 aliphatic carbocycles. The zero-order valence-corrected chi connectivity index (χ0v) is 12.4. The highest BCUT2D eigenvalue weighted by atomic mass is 16.5. The number of benzene rings is 1. The van der Waals surface area contributed by atoms with Gasteiger partial charge in [0.15, 0.2) is 0 Å². The minimum absolute atomic E-state index is 0.162. The lowest BCUT2D eigenvalue weighted by molar-refractivity contribution is -0.142. The molecule has 1 rings (SSSR count). The molecular formula is C15H22N2O4. The molecule has 21 heavy (non-hydrogen) atoms. The van der Waals surface area contributed by atoms with Gasteiger partial charge in [0, 0.05) is 12.2 Å². The number of carboxylic acid groups (broad SMARTS) is 1. The molecule has 0 radical (unpaired) electrons. The van der Waals surface area contributed by atoms with Gasteiger partial charge in [-0.3, -0.25) is 0 Å². The molecule has 0 bridgehead atoms. The highest BCUT2D eigenvalue weighted by Crippen LogP contribution is 2.22. The van der Waals surface area contributed by atoms with Crippen LogP contribution in [0, 0.1) is 0 Å². The van der Waals surface area contributed by atoms with E-state index in [1.54, 1.807) is 0 Å². The summed E-state index contributed by atoms with van der Waals surface area (Å²) in [5.41, 5.74) is 3.03. The van der Waals surface area contributed by atoms with Crippen LogP contribution < -0.4 is 10.6 Å². The summed E-state index contributed by atoms with van der Waals surface area (Å²) in [5.74, 6) is -1.02. The second-order valence-electron chi connectivity index (χ2n) is 4.49. The lowest BCUT2D eigenvalue weighted by Crippen LogP contribution is -2.32. The Morgan fingerprint density at radius 3 is 2.33 bits per heavy atom. The summed E-state index contributed by atoms with van der Waals surface area (Å²) >= 11 is 0. The van der Waals surface area contributed by atoms with Crippen molar-refractivity contribution in [2.45, 2.75) is 26.7 Å². The van der Waals surface area contributed by atoms with Gasteiger partial charge in [-0.15, -0.1) is 0 Å². The van der Waals surface area contributed by atoms with Gasteiger partial charge in [0.1, 0.15) is 6.61 Å². The first kappa shape index (κ1) is 17.0. The van der Waals surface area contributed by atoms with Gasteiger partial charge in [-0.05, 0) is 24.0 Å². The molecule has 0 aromatic heterocycles. The predicted molar refractivity (Wildman–Crippen MR) is 80.7 cm³/mol.